The zero-order valence-electron chi connectivity index (χ0n) is 8.94. The van der Waals surface area contributed by atoms with Crippen molar-refractivity contribution in [2.24, 2.45) is 11.7 Å². The second kappa shape index (κ2) is 4.19. The fraction of sp³-hybridized carbons (Fsp3) is 0.417. The Kier molecular flexibility index (Phi) is 2.91. The molecule has 1 aromatic carbocycles. The van der Waals surface area contributed by atoms with Crippen molar-refractivity contribution in [1.82, 2.24) is 0 Å². The van der Waals surface area contributed by atoms with Crippen LogP contribution in [0.5, 0.6) is 0 Å². The highest BCUT2D eigenvalue weighted by Gasteiger charge is 2.18. The Morgan fingerprint density at radius 3 is 2.53 bits per heavy atom. The Bertz CT molecular complexity index is 358. The maximum absolute atomic E-state index is 5.56. The molecule has 1 aliphatic heterocycles. The lowest BCUT2D eigenvalue weighted by atomic mass is 10.2. The van der Waals surface area contributed by atoms with Crippen molar-refractivity contribution in [3.63, 3.8) is 0 Å². The molecular weight excluding hydrogens is 204 g/mol. The Morgan fingerprint density at radius 1 is 1.40 bits per heavy atom. The highest BCUT2D eigenvalue weighted by atomic mass is 32.1. The standard InChI is InChI=1S/C12H16N2S/c1-9-6-7-14(8-9)11-4-2-10(3-5-11)12(13)15/h2-5,9H,6-8H2,1H3,(H2,13,15). The van der Waals surface area contributed by atoms with E-state index >= 15 is 0 Å². The van der Waals surface area contributed by atoms with Gasteiger partial charge in [0.25, 0.3) is 0 Å². The summed E-state index contributed by atoms with van der Waals surface area (Å²) in [5.74, 6) is 0.806. The minimum absolute atomic E-state index is 0.469. The van der Waals surface area contributed by atoms with Crippen molar-refractivity contribution in [1.29, 1.82) is 0 Å². The van der Waals surface area contributed by atoms with Crippen molar-refractivity contribution in [2.75, 3.05) is 18.0 Å². The summed E-state index contributed by atoms with van der Waals surface area (Å²) in [6, 6.07) is 8.21. The van der Waals surface area contributed by atoms with E-state index in [-0.39, 0.29) is 0 Å². The molecule has 0 radical (unpaired) electrons. The molecule has 2 N–H and O–H groups in total. The lowest BCUT2D eigenvalue weighted by Crippen LogP contribution is -2.19. The number of hydrogen-bond donors (Lipinski definition) is 1. The van der Waals surface area contributed by atoms with Gasteiger partial charge in [0, 0.05) is 24.3 Å². The summed E-state index contributed by atoms with van der Waals surface area (Å²) in [6.07, 6.45) is 1.29. The Balaban J connectivity index is 2.13. The molecule has 0 aliphatic carbocycles. The number of benzene rings is 1. The smallest absolute Gasteiger partial charge is 0.103 e. The number of rotatable bonds is 2. The summed E-state index contributed by atoms with van der Waals surface area (Å²) in [5.41, 5.74) is 7.78. The first-order valence-electron chi connectivity index (χ1n) is 5.31. The molecule has 0 amide bonds. The van der Waals surface area contributed by atoms with Crippen LogP contribution in [-0.2, 0) is 0 Å². The van der Waals surface area contributed by atoms with E-state index in [1.807, 2.05) is 12.1 Å². The van der Waals surface area contributed by atoms with Crippen LogP contribution in [0.4, 0.5) is 5.69 Å². The van der Waals surface area contributed by atoms with Crippen LogP contribution in [0, 0.1) is 5.92 Å². The van der Waals surface area contributed by atoms with E-state index in [2.05, 4.69) is 24.0 Å². The molecule has 0 aromatic heterocycles. The van der Waals surface area contributed by atoms with Crippen LogP contribution in [0.1, 0.15) is 18.9 Å². The number of anilines is 1. The number of nitrogens with two attached hydrogens (primary N) is 1. The first-order chi connectivity index (χ1) is 7.16. The first kappa shape index (κ1) is 10.4. The Hall–Kier alpha value is -1.09. The van der Waals surface area contributed by atoms with Gasteiger partial charge in [-0.3, -0.25) is 0 Å². The molecular formula is C12H16N2S. The molecule has 1 unspecified atom stereocenters. The van der Waals surface area contributed by atoms with Gasteiger partial charge in [-0.05, 0) is 36.6 Å². The average molecular weight is 220 g/mol. The predicted molar refractivity (Wildman–Crippen MR) is 68.3 cm³/mol. The molecule has 15 heavy (non-hydrogen) atoms. The maximum Gasteiger partial charge on any atom is 0.103 e. The first-order valence-corrected chi connectivity index (χ1v) is 5.72. The second-order valence-corrected chi connectivity index (χ2v) is 4.69. The van der Waals surface area contributed by atoms with Crippen LogP contribution in [-0.4, -0.2) is 18.1 Å². The van der Waals surface area contributed by atoms with Crippen molar-refractivity contribution in [3.05, 3.63) is 29.8 Å². The van der Waals surface area contributed by atoms with Gasteiger partial charge in [0.2, 0.25) is 0 Å². The van der Waals surface area contributed by atoms with Crippen LogP contribution in [0.2, 0.25) is 0 Å². The molecule has 1 saturated heterocycles. The van der Waals surface area contributed by atoms with Crippen LogP contribution in [0.15, 0.2) is 24.3 Å². The second-order valence-electron chi connectivity index (χ2n) is 4.25. The van der Waals surface area contributed by atoms with Crippen molar-refractivity contribution in [2.45, 2.75) is 13.3 Å². The summed E-state index contributed by atoms with van der Waals surface area (Å²) >= 11 is 4.92. The average Bonchev–Trinajstić information content (AvgIpc) is 2.65. The molecule has 1 aliphatic rings. The third kappa shape index (κ3) is 2.29. The van der Waals surface area contributed by atoms with E-state index in [4.69, 9.17) is 18.0 Å². The molecule has 80 valence electrons. The maximum atomic E-state index is 5.56. The van der Waals surface area contributed by atoms with Gasteiger partial charge in [-0.2, -0.15) is 0 Å². The third-order valence-electron chi connectivity index (χ3n) is 2.94. The molecule has 1 fully saturated rings. The van der Waals surface area contributed by atoms with Crippen LogP contribution < -0.4 is 10.6 Å². The Labute approximate surface area is 96.1 Å². The quantitative estimate of drug-likeness (QED) is 0.775. The largest absolute Gasteiger partial charge is 0.389 e. The highest BCUT2D eigenvalue weighted by molar-refractivity contribution is 7.80. The van der Waals surface area contributed by atoms with Gasteiger partial charge in [-0.25, -0.2) is 0 Å². The van der Waals surface area contributed by atoms with Crippen LogP contribution >= 0.6 is 12.2 Å². The van der Waals surface area contributed by atoms with Crippen molar-refractivity contribution >= 4 is 22.9 Å². The highest BCUT2D eigenvalue weighted by Crippen LogP contribution is 2.23. The normalized spacial score (nSPS) is 20.6. The van der Waals surface area contributed by atoms with Gasteiger partial charge < -0.3 is 10.6 Å². The lowest BCUT2D eigenvalue weighted by Gasteiger charge is -2.18. The van der Waals surface area contributed by atoms with Gasteiger partial charge in [0.1, 0.15) is 4.99 Å². The molecule has 1 atom stereocenters. The molecule has 1 heterocycles. The van der Waals surface area contributed by atoms with Crippen LogP contribution in [0.25, 0.3) is 0 Å². The molecule has 0 saturated carbocycles. The van der Waals surface area contributed by atoms with E-state index in [1.165, 1.54) is 12.1 Å². The molecule has 2 rings (SSSR count). The van der Waals surface area contributed by atoms with Crippen LogP contribution in [0.3, 0.4) is 0 Å². The fourth-order valence-corrected chi connectivity index (χ4v) is 2.14. The molecule has 2 nitrogen and oxygen atoms in total. The topological polar surface area (TPSA) is 29.3 Å². The van der Waals surface area contributed by atoms with Gasteiger partial charge >= 0.3 is 0 Å². The summed E-state index contributed by atoms with van der Waals surface area (Å²) in [4.78, 5) is 2.88. The van der Waals surface area contributed by atoms with E-state index < -0.39 is 0 Å². The predicted octanol–water partition coefficient (Wildman–Crippen LogP) is 2.17. The lowest BCUT2D eigenvalue weighted by molar-refractivity contribution is 0.659. The third-order valence-corrected chi connectivity index (χ3v) is 3.18. The summed E-state index contributed by atoms with van der Waals surface area (Å²) in [6.45, 7) is 4.61. The zero-order valence-corrected chi connectivity index (χ0v) is 9.76. The summed E-state index contributed by atoms with van der Waals surface area (Å²) in [5, 5.41) is 0. The molecule has 0 spiro atoms. The zero-order chi connectivity index (χ0) is 10.8. The van der Waals surface area contributed by atoms with E-state index in [9.17, 15) is 0 Å². The van der Waals surface area contributed by atoms with Gasteiger partial charge in [0.05, 0.1) is 0 Å². The van der Waals surface area contributed by atoms with E-state index in [0.717, 1.165) is 24.6 Å². The molecule has 3 heteroatoms. The van der Waals surface area contributed by atoms with Crippen molar-refractivity contribution in [3.8, 4) is 0 Å². The van der Waals surface area contributed by atoms with E-state index in [1.54, 1.807) is 0 Å². The van der Waals surface area contributed by atoms with Gasteiger partial charge in [0.15, 0.2) is 0 Å². The molecule has 0 bridgehead atoms. The summed E-state index contributed by atoms with van der Waals surface area (Å²) < 4.78 is 0. The van der Waals surface area contributed by atoms with E-state index in [0.29, 0.717) is 4.99 Å². The minimum Gasteiger partial charge on any atom is -0.389 e. The SMILES string of the molecule is CC1CCN(c2ccc(C(N)=S)cc2)C1. The van der Waals surface area contributed by atoms with Crippen molar-refractivity contribution < 1.29 is 0 Å². The Morgan fingerprint density at radius 2 is 2.07 bits per heavy atom. The summed E-state index contributed by atoms with van der Waals surface area (Å²) in [7, 11) is 0. The molecule has 1 aromatic rings. The van der Waals surface area contributed by atoms with Gasteiger partial charge in [-0.1, -0.05) is 19.1 Å². The number of nitrogens with zero attached hydrogens (tertiary/aromatic N) is 1. The number of thiocarbonyl (C=S) groups is 1. The monoisotopic (exact) mass is 220 g/mol. The number of hydrogen-bond acceptors (Lipinski definition) is 2. The fourth-order valence-electron chi connectivity index (χ4n) is 2.01. The van der Waals surface area contributed by atoms with Gasteiger partial charge in [-0.15, -0.1) is 0 Å². The minimum atomic E-state index is 0.469.